The monoisotopic (exact) mass is 320 g/mol. The highest BCUT2D eigenvalue weighted by Gasteiger charge is 2.13. The van der Waals surface area contributed by atoms with Crippen LogP contribution >= 0.6 is 0 Å². The summed E-state index contributed by atoms with van der Waals surface area (Å²) in [7, 11) is 0. The topological polar surface area (TPSA) is 83.7 Å². The van der Waals surface area contributed by atoms with E-state index < -0.39 is 11.8 Å². The van der Waals surface area contributed by atoms with Crippen molar-refractivity contribution in [3.63, 3.8) is 0 Å². The minimum atomic E-state index is -0.514. The van der Waals surface area contributed by atoms with E-state index >= 15 is 0 Å². The highest BCUT2D eigenvalue weighted by molar-refractivity contribution is 5.71. The lowest BCUT2D eigenvalue weighted by atomic mass is 10.2. The standard InChI is InChI=1S/C16H17FN2O4/c1-3-21-15(20)9-22-16-13(5-4-6-19-16)23-14-8-12(18)11(17)7-10(14)2/h4-8H,3,9,18H2,1-2H3. The second kappa shape index (κ2) is 7.44. The van der Waals surface area contributed by atoms with Crippen LogP contribution in [0.25, 0.3) is 0 Å². The van der Waals surface area contributed by atoms with Crippen LogP contribution < -0.4 is 15.2 Å². The zero-order chi connectivity index (χ0) is 16.8. The van der Waals surface area contributed by atoms with Gasteiger partial charge in [-0.2, -0.15) is 0 Å². The van der Waals surface area contributed by atoms with Gasteiger partial charge in [0.25, 0.3) is 5.88 Å². The summed E-state index contributed by atoms with van der Waals surface area (Å²) in [5.41, 5.74) is 6.09. The molecule has 0 amide bonds. The molecule has 7 heteroatoms. The average molecular weight is 320 g/mol. The molecule has 0 atom stereocenters. The SMILES string of the molecule is CCOC(=O)COc1ncccc1Oc1cc(N)c(F)cc1C. The number of hydrogen-bond donors (Lipinski definition) is 1. The van der Waals surface area contributed by atoms with Gasteiger partial charge in [0.1, 0.15) is 11.6 Å². The van der Waals surface area contributed by atoms with E-state index in [0.717, 1.165) is 0 Å². The van der Waals surface area contributed by atoms with Gasteiger partial charge in [-0.25, -0.2) is 14.2 Å². The fourth-order valence-corrected chi connectivity index (χ4v) is 1.79. The van der Waals surface area contributed by atoms with Gasteiger partial charge in [-0.15, -0.1) is 0 Å². The van der Waals surface area contributed by atoms with Gasteiger partial charge in [0.15, 0.2) is 12.4 Å². The molecule has 0 unspecified atom stereocenters. The summed E-state index contributed by atoms with van der Waals surface area (Å²) >= 11 is 0. The molecule has 6 nitrogen and oxygen atoms in total. The highest BCUT2D eigenvalue weighted by atomic mass is 19.1. The number of nitrogens with zero attached hydrogens (tertiary/aromatic N) is 1. The molecule has 0 saturated carbocycles. The van der Waals surface area contributed by atoms with Gasteiger partial charge in [0.2, 0.25) is 0 Å². The smallest absolute Gasteiger partial charge is 0.344 e. The Labute approximate surface area is 133 Å². The lowest BCUT2D eigenvalue weighted by Gasteiger charge is -2.13. The van der Waals surface area contributed by atoms with Crippen LogP contribution in [0.5, 0.6) is 17.4 Å². The molecule has 0 radical (unpaired) electrons. The number of esters is 1. The van der Waals surface area contributed by atoms with Gasteiger partial charge in [-0.05, 0) is 37.6 Å². The number of benzene rings is 1. The summed E-state index contributed by atoms with van der Waals surface area (Å²) < 4.78 is 29.2. The predicted octanol–water partition coefficient (Wildman–Crippen LogP) is 2.85. The molecule has 122 valence electrons. The number of anilines is 1. The molecule has 0 aliphatic heterocycles. The average Bonchev–Trinajstić information content (AvgIpc) is 2.52. The fraction of sp³-hybridized carbons (Fsp3) is 0.250. The van der Waals surface area contributed by atoms with Crippen LogP contribution in [-0.2, 0) is 9.53 Å². The van der Waals surface area contributed by atoms with E-state index in [0.29, 0.717) is 11.3 Å². The van der Waals surface area contributed by atoms with Crippen LogP contribution in [0.1, 0.15) is 12.5 Å². The maximum absolute atomic E-state index is 13.4. The first-order valence-electron chi connectivity index (χ1n) is 6.98. The minimum Gasteiger partial charge on any atom is -0.463 e. The molecular weight excluding hydrogens is 303 g/mol. The molecule has 2 aromatic rings. The van der Waals surface area contributed by atoms with Crippen molar-refractivity contribution in [2.75, 3.05) is 18.9 Å². The zero-order valence-electron chi connectivity index (χ0n) is 12.8. The molecule has 2 N–H and O–H groups in total. The Balaban J connectivity index is 2.17. The number of ether oxygens (including phenoxy) is 3. The van der Waals surface area contributed by atoms with E-state index in [9.17, 15) is 9.18 Å². The number of hydrogen-bond acceptors (Lipinski definition) is 6. The predicted molar refractivity (Wildman–Crippen MR) is 82.0 cm³/mol. The quantitative estimate of drug-likeness (QED) is 0.651. The van der Waals surface area contributed by atoms with Crippen LogP contribution in [0, 0.1) is 12.7 Å². The van der Waals surface area contributed by atoms with Crippen molar-refractivity contribution in [2.45, 2.75) is 13.8 Å². The zero-order valence-corrected chi connectivity index (χ0v) is 12.8. The van der Waals surface area contributed by atoms with E-state index in [1.165, 1.54) is 18.3 Å². The summed E-state index contributed by atoms with van der Waals surface area (Å²) in [5.74, 6) is -0.238. The summed E-state index contributed by atoms with van der Waals surface area (Å²) in [6.07, 6.45) is 1.50. The molecule has 1 heterocycles. The molecule has 1 aromatic heterocycles. The van der Waals surface area contributed by atoms with Crippen molar-refractivity contribution < 1.29 is 23.4 Å². The number of aromatic nitrogens is 1. The molecule has 0 aliphatic carbocycles. The third kappa shape index (κ3) is 4.32. The Morgan fingerprint density at radius 1 is 1.35 bits per heavy atom. The Hall–Kier alpha value is -2.83. The number of carbonyl (C=O) groups is 1. The van der Waals surface area contributed by atoms with Crippen molar-refractivity contribution in [3.8, 4) is 17.4 Å². The summed E-state index contributed by atoms with van der Waals surface area (Å²) in [6, 6.07) is 5.92. The molecule has 0 aliphatic rings. The van der Waals surface area contributed by atoms with Gasteiger partial charge in [-0.1, -0.05) is 0 Å². The number of nitrogens with two attached hydrogens (primary N) is 1. The summed E-state index contributed by atoms with van der Waals surface area (Å²) in [5, 5.41) is 0. The van der Waals surface area contributed by atoms with E-state index in [1.807, 2.05) is 0 Å². The molecule has 2 rings (SSSR count). The minimum absolute atomic E-state index is 0.0246. The molecule has 1 aromatic carbocycles. The number of pyridine rings is 1. The Kier molecular flexibility index (Phi) is 5.35. The van der Waals surface area contributed by atoms with Gasteiger partial charge < -0.3 is 19.9 Å². The third-order valence-electron chi connectivity index (χ3n) is 2.88. The molecular formula is C16H17FN2O4. The number of halogens is 1. The van der Waals surface area contributed by atoms with E-state index in [2.05, 4.69) is 4.98 Å². The van der Waals surface area contributed by atoms with Gasteiger partial charge in [0.05, 0.1) is 12.3 Å². The van der Waals surface area contributed by atoms with Crippen LogP contribution in [0.2, 0.25) is 0 Å². The summed E-state index contributed by atoms with van der Waals surface area (Å²) in [4.78, 5) is 15.4. The van der Waals surface area contributed by atoms with Crippen LogP contribution in [0.3, 0.4) is 0 Å². The van der Waals surface area contributed by atoms with Crippen molar-refractivity contribution in [3.05, 3.63) is 41.8 Å². The molecule has 0 bridgehead atoms. The first kappa shape index (κ1) is 16.5. The number of rotatable bonds is 6. The number of nitrogen functional groups attached to an aromatic ring is 1. The van der Waals surface area contributed by atoms with Gasteiger partial charge in [-0.3, -0.25) is 0 Å². The van der Waals surface area contributed by atoms with Gasteiger partial charge >= 0.3 is 5.97 Å². The van der Waals surface area contributed by atoms with E-state index in [-0.39, 0.29) is 30.5 Å². The lowest BCUT2D eigenvalue weighted by Crippen LogP contribution is -2.15. The lowest BCUT2D eigenvalue weighted by molar-refractivity contribution is -0.145. The van der Waals surface area contributed by atoms with Crippen molar-refractivity contribution >= 4 is 11.7 Å². The van der Waals surface area contributed by atoms with Crippen LogP contribution in [0.15, 0.2) is 30.5 Å². The van der Waals surface area contributed by atoms with Crippen LogP contribution in [-0.4, -0.2) is 24.2 Å². The normalized spacial score (nSPS) is 10.2. The van der Waals surface area contributed by atoms with Crippen molar-refractivity contribution in [1.82, 2.24) is 4.98 Å². The second-order valence-corrected chi connectivity index (χ2v) is 4.64. The maximum Gasteiger partial charge on any atom is 0.344 e. The fourth-order valence-electron chi connectivity index (χ4n) is 1.79. The van der Waals surface area contributed by atoms with Crippen LogP contribution in [0.4, 0.5) is 10.1 Å². The molecule has 0 spiro atoms. The highest BCUT2D eigenvalue weighted by Crippen LogP contribution is 2.33. The second-order valence-electron chi connectivity index (χ2n) is 4.64. The van der Waals surface area contributed by atoms with E-state index in [4.69, 9.17) is 19.9 Å². The number of aryl methyl sites for hydroxylation is 1. The van der Waals surface area contributed by atoms with E-state index in [1.54, 1.807) is 26.0 Å². The Morgan fingerprint density at radius 3 is 2.87 bits per heavy atom. The van der Waals surface area contributed by atoms with Gasteiger partial charge in [0, 0.05) is 12.3 Å². The Bertz CT molecular complexity index is 706. The Morgan fingerprint density at radius 2 is 2.13 bits per heavy atom. The molecule has 0 saturated heterocycles. The largest absolute Gasteiger partial charge is 0.463 e. The maximum atomic E-state index is 13.4. The van der Waals surface area contributed by atoms with Crippen molar-refractivity contribution in [1.29, 1.82) is 0 Å². The summed E-state index contributed by atoms with van der Waals surface area (Å²) in [6.45, 7) is 3.37. The van der Waals surface area contributed by atoms with Crippen molar-refractivity contribution in [2.24, 2.45) is 0 Å². The first-order chi connectivity index (χ1) is 11.0. The first-order valence-corrected chi connectivity index (χ1v) is 6.98. The number of carbonyl (C=O) groups excluding carboxylic acids is 1. The molecule has 23 heavy (non-hydrogen) atoms. The third-order valence-corrected chi connectivity index (χ3v) is 2.88. The molecule has 0 fully saturated rings.